The highest BCUT2D eigenvalue weighted by molar-refractivity contribution is 7.91. The van der Waals surface area contributed by atoms with Gasteiger partial charge in [0.2, 0.25) is 0 Å². The molecular weight excluding hydrogens is 266 g/mol. The number of hydrogen-bond donors (Lipinski definition) is 1. The Labute approximate surface area is 113 Å². The molecule has 0 saturated carbocycles. The van der Waals surface area contributed by atoms with Crippen LogP contribution in [-0.4, -0.2) is 33.3 Å². The molecule has 0 amide bonds. The van der Waals surface area contributed by atoms with E-state index in [9.17, 15) is 13.2 Å². The molecule has 0 aromatic heterocycles. The molecule has 1 atom stereocenters. The van der Waals surface area contributed by atoms with Crippen LogP contribution in [0.2, 0.25) is 0 Å². The summed E-state index contributed by atoms with van der Waals surface area (Å²) in [4.78, 5) is 11.5. The zero-order valence-electron chi connectivity index (χ0n) is 11.3. The lowest BCUT2D eigenvalue weighted by Crippen LogP contribution is -2.27. The number of nitrogens with one attached hydrogen (secondary N) is 1. The van der Waals surface area contributed by atoms with Crippen molar-refractivity contribution in [3.8, 4) is 0 Å². The Bertz CT molecular complexity index is 522. The predicted octanol–water partition coefficient (Wildman–Crippen LogP) is 1.84. The molecule has 1 aromatic rings. The van der Waals surface area contributed by atoms with Crippen molar-refractivity contribution in [2.45, 2.75) is 31.2 Å². The van der Waals surface area contributed by atoms with E-state index in [2.05, 4.69) is 10.1 Å². The lowest BCUT2D eigenvalue weighted by molar-refractivity contribution is -0.141. The smallest absolute Gasteiger partial charge is 0.327 e. The predicted molar refractivity (Wildman–Crippen MR) is 73.9 cm³/mol. The first-order valence-corrected chi connectivity index (χ1v) is 7.73. The van der Waals surface area contributed by atoms with E-state index in [1.54, 1.807) is 19.1 Å². The number of methoxy groups -OCH3 is 1. The summed E-state index contributed by atoms with van der Waals surface area (Å²) in [6, 6.07) is 5.88. The van der Waals surface area contributed by atoms with E-state index in [4.69, 9.17) is 0 Å². The van der Waals surface area contributed by atoms with Crippen molar-refractivity contribution >= 4 is 21.5 Å². The fourth-order valence-corrected chi connectivity index (χ4v) is 2.95. The van der Waals surface area contributed by atoms with Gasteiger partial charge in [-0.1, -0.05) is 6.92 Å². The highest BCUT2D eigenvalue weighted by atomic mass is 32.2. The van der Waals surface area contributed by atoms with Gasteiger partial charge in [-0.3, -0.25) is 0 Å². The molecule has 5 nitrogen and oxygen atoms in total. The SMILES string of the molecule is CCCS(=O)(=O)c1ccc(NC(C)C(=O)OC)cc1. The van der Waals surface area contributed by atoms with Gasteiger partial charge in [0.25, 0.3) is 0 Å². The summed E-state index contributed by atoms with van der Waals surface area (Å²) < 4.78 is 28.2. The molecule has 0 bridgehead atoms. The van der Waals surface area contributed by atoms with E-state index in [0.29, 0.717) is 17.0 Å². The van der Waals surface area contributed by atoms with Crippen LogP contribution in [0.1, 0.15) is 20.3 Å². The average molecular weight is 285 g/mol. The van der Waals surface area contributed by atoms with Crippen LogP contribution in [0, 0.1) is 0 Å². The van der Waals surface area contributed by atoms with Gasteiger partial charge in [0.05, 0.1) is 17.8 Å². The molecule has 0 aliphatic carbocycles. The summed E-state index contributed by atoms with van der Waals surface area (Å²) in [5, 5.41) is 2.93. The number of carbonyl (C=O) groups excluding carboxylic acids is 1. The van der Waals surface area contributed by atoms with Gasteiger partial charge in [-0.05, 0) is 37.6 Å². The topological polar surface area (TPSA) is 72.5 Å². The molecule has 0 heterocycles. The summed E-state index contributed by atoms with van der Waals surface area (Å²) >= 11 is 0. The van der Waals surface area contributed by atoms with Crippen molar-refractivity contribution in [3.05, 3.63) is 24.3 Å². The van der Waals surface area contributed by atoms with Crippen molar-refractivity contribution in [3.63, 3.8) is 0 Å². The van der Waals surface area contributed by atoms with Gasteiger partial charge in [0, 0.05) is 5.69 Å². The van der Waals surface area contributed by atoms with Crippen molar-refractivity contribution in [2.75, 3.05) is 18.2 Å². The van der Waals surface area contributed by atoms with Crippen molar-refractivity contribution in [1.29, 1.82) is 0 Å². The minimum Gasteiger partial charge on any atom is -0.467 e. The molecule has 0 fully saturated rings. The molecule has 6 heteroatoms. The summed E-state index contributed by atoms with van der Waals surface area (Å²) in [6.45, 7) is 3.50. The van der Waals surface area contributed by atoms with E-state index in [0.717, 1.165) is 0 Å². The van der Waals surface area contributed by atoms with Gasteiger partial charge in [0.1, 0.15) is 6.04 Å². The number of anilines is 1. The maximum absolute atomic E-state index is 11.8. The van der Waals surface area contributed by atoms with Gasteiger partial charge >= 0.3 is 5.97 Å². The van der Waals surface area contributed by atoms with Crippen LogP contribution in [0.15, 0.2) is 29.2 Å². The van der Waals surface area contributed by atoms with E-state index in [1.165, 1.54) is 19.2 Å². The standard InChI is InChI=1S/C13H19NO4S/c1-4-9-19(16,17)12-7-5-11(6-8-12)14-10(2)13(15)18-3/h5-8,10,14H,4,9H2,1-3H3. The summed E-state index contributed by atoms with van der Waals surface area (Å²) in [5.74, 6) is -0.235. The Balaban J connectivity index is 2.80. The van der Waals surface area contributed by atoms with Gasteiger partial charge in [0.15, 0.2) is 9.84 Å². The molecule has 19 heavy (non-hydrogen) atoms. The minimum absolute atomic E-state index is 0.137. The van der Waals surface area contributed by atoms with Crippen molar-refractivity contribution < 1.29 is 17.9 Å². The third-order valence-corrected chi connectivity index (χ3v) is 4.56. The van der Waals surface area contributed by atoms with Crippen LogP contribution in [0.5, 0.6) is 0 Å². The summed E-state index contributed by atoms with van der Waals surface area (Å²) in [6.07, 6.45) is 0.585. The first kappa shape index (κ1) is 15.5. The molecular formula is C13H19NO4S. The number of hydrogen-bond acceptors (Lipinski definition) is 5. The van der Waals surface area contributed by atoms with Crippen molar-refractivity contribution in [1.82, 2.24) is 0 Å². The van der Waals surface area contributed by atoms with Crippen LogP contribution < -0.4 is 5.32 Å². The first-order valence-electron chi connectivity index (χ1n) is 6.08. The first-order chi connectivity index (χ1) is 8.90. The lowest BCUT2D eigenvalue weighted by Gasteiger charge is -2.13. The quantitative estimate of drug-likeness (QED) is 0.807. The van der Waals surface area contributed by atoms with Crippen LogP contribution in [0.4, 0.5) is 5.69 Å². The van der Waals surface area contributed by atoms with Gasteiger partial charge < -0.3 is 10.1 Å². The maximum atomic E-state index is 11.8. The molecule has 0 aliphatic rings. The number of sulfone groups is 1. The van der Waals surface area contributed by atoms with E-state index in [-0.39, 0.29) is 11.7 Å². The normalized spacial score (nSPS) is 12.8. The van der Waals surface area contributed by atoms with E-state index in [1.807, 2.05) is 6.92 Å². The maximum Gasteiger partial charge on any atom is 0.327 e. The number of ether oxygens (including phenoxy) is 1. The molecule has 1 rings (SSSR count). The Morgan fingerprint density at radius 2 is 1.89 bits per heavy atom. The fraction of sp³-hybridized carbons (Fsp3) is 0.462. The number of benzene rings is 1. The molecule has 1 N–H and O–H groups in total. The fourth-order valence-electron chi connectivity index (χ4n) is 1.63. The monoisotopic (exact) mass is 285 g/mol. The molecule has 1 aromatic carbocycles. The Hall–Kier alpha value is -1.56. The highest BCUT2D eigenvalue weighted by Gasteiger charge is 2.15. The second kappa shape index (κ2) is 6.56. The van der Waals surface area contributed by atoms with Crippen LogP contribution >= 0.6 is 0 Å². The zero-order chi connectivity index (χ0) is 14.5. The number of esters is 1. The zero-order valence-corrected chi connectivity index (χ0v) is 12.2. The van der Waals surface area contributed by atoms with Crippen molar-refractivity contribution in [2.24, 2.45) is 0 Å². The number of rotatable bonds is 6. The second-order valence-corrected chi connectivity index (χ2v) is 6.34. The second-order valence-electron chi connectivity index (χ2n) is 4.23. The molecule has 0 radical (unpaired) electrons. The molecule has 106 valence electrons. The Morgan fingerprint density at radius 1 is 1.32 bits per heavy atom. The third-order valence-electron chi connectivity index (χ3n) is 2.62. The Morgan fingerprint density at radius 3 is 2.37 bits per heavy atom. The number of carbonyl (C=O) groups is 1. The minimum atomic E-state index is -3.20. The van der Waals surface area contributed by atoms with Crippen LogP contribution in [-0.2, 0) is 19.4 Å². The Kier molecular flexibility index (Phi) is 5.35. The van der Waals surface area contributed by atoms with Gasteiger partial charge in [-0.15, -0.1) is 0 Å². The molecule has 1 unspecified atom stereocenters. The molecule has 0 spiro atoms. The molecule has 0 aliphatic heterocycles. The highest BCUT2D eigenvalue weighted by Crippen LogP contribution is 2.16. The summed E-state index contributed by atoms with van der Waals surface area (Å²) in [7, 11) is -1.88. The van der Waals surface area contributed by atoms with Gasteiger partial charge in [-0.25, -0.2) is 13.2 Å². The lowest BCUT2D eigenvalue weighted by atomic mass is 10.2. The van der Waals surface area contributed by atoms with Gasteiger partial charge in [-0.2, -0.15) is 0 Å². The van der Waals surface area contributed by atoms with Crippen LogP contribution in [0.3, 0.4) is 0 Å². The summed E-state index contributed by atoms with van der Waals surface area (Å²) in [5.41, 5.74) is 0.674. The molecule has 0 saturated heterocycles. The van der Waals surface area contributed by atoms with Crippen LogP contribution in [0.25, 0.3) is 0 Å². The van der Waals surface area contributed by atoms with E-state index < -0.39 is 15.9 Å². The van der Waals surface area contributed by atoms with E-state index >= 15 is 0 Å². The average Bonchev–Trinajstić information content (AvgIpc) is 2.38. The third kappa shape index (κ3) is 4.24. The largest absolute Gasteiger partial charge is 0.467 e.